The third-order valence-corrected chi connectivity index (χ3v) is 4.99. The van der Waals surface area contributed by atoms with Gasteiger partial charge in [-0.15, -0.1) is 0 Å². The molecule has 0 spiro atoms. The lowest BCUT2D eigenvalue weighted by atomic mass is 9.83. The maximum atomic E-state index is 12.3. The Morgan fingerprint density at radius 2 is 1.90 bits per heavy atom. The molecule has 0 aromatic carbocycles. The third kappa shape index (κ3) is 4.32. The van der Waals surface area contributed by atoms with Crippen molar-refractivity contribution in [1.29, 1.82) is 0 Å². The van der Waals surface area contributed by atoms with E-state index in [0.29, 0.717) is 12.5 Å². The lowest BCUT2D eigenvalue weighted by molar-refractivity contribution is -0.137. The van der Waals surface area contributed by atoms with Crippen LogP contribution >= 0.6 is 0 Å². The lowest BCUT2D eigenvalue weighted by Crippen LogP contribution is -2.38. The Labute approximate surface area is 127 Å². The number of hydrogen-bond acceptors (Lipinski definition) is 3. The molecular formula is C17H27NO3. The highest BCUT2D eigenvalue weighted by Gasteiger charge is 2.49. The first-order chi connectivity index (χ1) is 10.2. The summed E-state index contributed by atoms with van der Waals surface area (Å²) >= 11 is 0. The second kappa shape index (κ2) is 7.62. The van der Waals surface area contributed by atoms with Gasteiger partial charge in [0.15, 0.2) is 0 Å². The van der Waals surface area contributed by atoms with Crippen molar-refractivity contribution in [3.63, 3.8) is 0 Å². The molecule has 21 heavy (non-hydrogen) atoms. The molecule has 118 valence electrons. The van der Waals surface area contributed by atoms with Crippen LogP contribution in [-0.2, 0) is 14.3 Å². The van der Waals surface area contributed by atoms with Crippen LogP contribution in [0, 0.1) is 11.3 Å². The summed E-state index contributed by atoms with van der Waals surface area (Å²) in [6, 6.07) is 0. The standard InChI is InChI=1S/C17H27NO3/c1-2-15(19)21-12-6-4-3-5-11-18-16(20)17-9-7-14(13-17)8-10-17/h2,14H,1,3-13H2,(H,18,20). The van der Waals surface area contributed by atoms with Crippen LogP contribution < -0.4 is 5.32 Å². The monoisotopic (exact) mass is 293 g/mol. The normalized spacial score (nSPS) is 26.6. The molecule has 2 fully saturated rings. The van der Waals surface area contributed by atoms with Crippen molar-refractivity contribution in [2.24, 2.45) is 11.3 Å². The van der Waals surface area contributed by atoms with Crippen LogP contribution in [0.5, 0.6) is 0 Å². The topological polar surface area (TPSA) is 55.4 Å². The molecule has 0 unspecified atom stereocenters. The van der Waals surface area contributed by atoms with Gasteiger partial charge in [-0.3, -0.25) is 4.79 Å². The van der Waals surface area contributed by atoms with Crippen molar-refractivity contribution >= 4 is 11.9 Å². The summed E-state index contributed by atoms with van der Waals surface area (Å²) in [5.74, 6) is 0.754. The van der Waals surface area contributed by atoms with E-state index in [1.165, 1.54) is 18.9 Å². The minimum Gasteiger partial charge on any atom is -0.463 e. The van der Waals surface area contributed by atoms with Gasteiger partial charge in [0.2, 0.25) is 5.91 Å². The van der Waals surface area contributed by atoms with Crippen molar-refractivity contribution in [3.05, 3.63) is 12.7 Å². The zero-order valence-corrected chi connectivity index (χ0v) is 12.9. The summed E-state index contributed by atoms with van der Waals surface area (Å²) < 4.78 is 4.91. The van der Waals surface area contributed by atoms with Gasteiger partial charge in [-0.05, 0) is 57.3 Å². The highest BCUT2D eigenvalue weighted by Crippen LogP contribution is 2.54. The summed E-state index contributed by atoms with van der Waals surface area (Å²) in [5, 5.41) is 3.12. The maximum absolute atomic E-state index is 12.3. The van der Waals surface area contributed by atoms with Gasteiger partial charge < -0.3 is 10.1 Å². The molecule has 0 radical (unpaired) electrons. The number of hydrogen-bond donors (Lipinski definition) is 1. The van der Waals surface area contributed by atoms with E-state index < -0.39 is 0 Å². The second-order valence-electron chi connectivity index (χ2n) is 6.47. The Hall–Kier alpha value is -1.32. The fraction of sp³-hybridized carbons (Fsp3) is 0.765. The minimum absolute atomic E-state index is 0.0104. The van der Waals surface area contributed by atoms with Gasteiger partial charge in [-0.2, -0.15) is 0 Å². The highest BCUT2D eigenvalue weighted by atomic mass is 16.5. The van der Waals surface area contributed by atoms with E-state index in [1.807, 2.05) is 0 Å². The molecule has 4 nitrogen and oxygen atoms in total. The minimum atomic E-state index is -0.354. The number of carbonyl (C=O) groups excluding carboxylic acids is 2. The quantitative estimate of drug-likeness (QED) is 0.404. The summed E-state index contributed by atoms with van der Waals surface area (Å²) in [7, 11) is 0. The molecule has 2 rings (SSSR count). The number of ether oxygens (including phenoxy) is 1. The first kappa shape index (κ1) is 16.1. The van der Waals surface area contributed by atoms with E-state index in [4.69, 9.17) is 4.74 Å². The number of esters is 1. The molecular weight excluding hydrogens is 266 g/mol. The van der Waals surface area contributed by atoms with Crippen LogP contribution in [-0.4, -0.2) is 25.0 Å². The second-order valence-corrected chi connectivity index (χ2v) is 6.47. The smallest absolute Gasteiger partial charge is 0.330 e. The predicted molar refractivity (Wildman–Crippen MR) is 81.6 cm³/mol. The van der Waals surface area contributed by atoms with Gasteiger partial charge in [-0.1, -0.05) is 13.0 Å². The van der Waals surface area contributed by atoms with Crippen molar-refractivity contribution in [2.45, 2.75) is 57.8 Å². The van der Waals surface area contributed by atoms with Crippen LogP contribution in [0.2, 0.25) is 0 Å². The maximum Gasteiger partial charge on any atom is 0.330 e. The van der Waals surface area contributed by atoms with Crippen LogP contribution in [0.15, 0.2) is 12.7 Å². The van der Waals surface area contributed by atoms with Gasteiger partial charge >= 0.3 is 5.97 Å². The van der Waals surface area contributed by atoms with Gasteiger partial charge in [0.1, 0.15) is 0 Å². The predicted octanol–water partition coefficient (Wildman–Crippen LogP) is 2.97. The summed E-state index contributed by atoms with van der Waals surface area (Å²) in [6.45, 7) is 4.59. The molecule has 4 heteroatoms. The largest absolute Gasteiger partial charge is 0.463 e. The molecule has 2 bridgehead atoms. The summed E-state index contributed by atoms with van der Waals surface area (Å²) in [5.41, 5.74) is -0.0104. The molecule has 0 heterocycles. The van der Waals surface area contributed by atoms with Gasteiger partial charge in [-0.25, -0.2) is 4.79 Å². The molecule has 2 aliphatic rings. The number of unbranched alkanes of at least 4 members (excludes halogenated alkanes) is 3. The van der Waals surface area contributed by atoms with Crippen LogP contribution in [0.4, 0.5) is 0 Å². The average molecular weight is 293 g/mol. The number of amides is 1. The fourth-order valence-corrected chi connectivity index (χ4v) is 3.71. The number of nitrogens with one attached hydrogen (secondary N) is 1. The Morgan fingerprint density at radius 3 is 2.52 bits per heavy atom. The van der Waals surface area contributed by atoms with Crippen LogP contribution in [0.1, 0.15) is 57.8 Å². The number of rotatable bonds is 9. The van der Waals surface area contributed by atoms with Crippen molar-refractivity contribution in [3.8, 4) is 0 Å². The molecule has 2 aliphatic carbocycles. The zero-order valence-electron chi connectivity index (χ0n) is 12.9. The summed E-state index contributed by atoms with van der Waals surface area (Å²) in [6.07, 6.45) is 10.9. The SMILES string of the molecule is C=CC(=O)OCCCCCCNC(=O)C12CCC(CC1)C2. The molecule has 1 amide bonds. The van der Waals surface area contributed by atoms with E-state index in [0.717, 1.165) is 57.4 Å². The molecule has 1 N–H and O–H groups in total. The van der Waals surface area contributed by atoms with E-state index in [9.17, 15) is 9.59 Å². The van der Waals surface area contributed by atoms with Gasteiger partial charge in [0, 0.05) is 18.0 Å². The molecule has 0 saturated heterocycles. The fourth-order valence-electron chi connectivity index (χ4n) is 3.71. The van der Waals surface area contributed by atoms with Crippen molar-refractivity contribution in [1.82, 2.24) is 5.32 Å². The van der Waals surface area contributed by atoms with Crippen LogP contribution in [0.25, 0.3) is 0 Å². The van der Waals surface area contributed by atoms with Gasteiger partial charge in [0.05, 0.1) is 6.61 Å². The molecule has 0 atom stereocenters. The first-order valence-corrected chi connectivity index (χ1v) is 8.24. The Morgan fingerprint density at radius 1 is 1.19 bits per heavy atom. The lowest BCUT2D eigenvalue weighted by Gasteiger charge is -2.25. The van der Waals surface area contributed by atoms with Gasteiger partial charge in [0.25, 0.3) is 0 Å². The Bertz CT molecular complexity index is 383. The molecule has 2 saturated carbocycles. The van der Waals surface area contributed by atoms with E-state index in [-0.39, 0.29) is 11.4 Å². The average Bonchev–Trinajstić information content (AvgIpc) is 3.11. The van der Waals surface area contributed by atoms with Crippen molar-refractivity contribution < 1.29 is 14.3 Å². The van der Waals surface area contributed by atoms with E-state index in [1.54, 1.807) is 0 Å². The summed E-state index contributed by atoms with van der Waals surface area (Å²) in [4.78, 5) is 23.1. The van der Waals surface area contributed by atoms with E-state index >= 15 is 0 Å². The highest BCUT2D eigenvalue weighted by molar-refractivity contribution is 5.83. The number of carbonyl (C=O) groups is 2. The Balaban J connectivity index is 1.47. The number of fused-ring (bicyclic) bond motifs is 2. The molecule has 0 aromatic rings. The third-order valence-electron chi connectivity index (χ3n) is 4.99. The first-order valence-electron chi connectivity index (χ1n) is 8.24. The van der Waals surface area contributed by atoms with Crippen LogP contribution in [0.3, 0.4) is 0 Å². The van der Waals surface area contributed by atoms with E-state index in [2.05, 4.69) is 11.9 Å². The molecule has 0 aliphatic heterocycles. The zero-order chi connectivity index (χ0) is 15.1. The molecule has 0 aromatic heterocycles. The Kier molecular flexibility index (Phi) is 5.83. The van der Waals surface area contributed by atoms with Crippen molar-refractivity contribution in [2.75, 3.05) is 13.2 Å².